The van der Waals surface area contributed by atoms with E-state index in [0.29, 0.717) is 19.5 Å². The number of carbonyl (C=O) groups is 2. The molecule has 1 atom stereocenters. The summed E-state index contributed by atoms with van der Waals surface area (Å²) >= 11 is 0. The van der Waals surface area contributed by atoms with Crippen molar-refractivity contribution in [1.29, 1.82) is 0 Å². The van der Waals surface area contributed by atoms with Gasteiger partial charge in [-0.2, -0.15) is 0 Å². The summed E-state index contributed by atoms with van der Waals surface area (Å²) in [4.78, 5) is 26.4. The Balaban J connectivity index is 0.00000312. The number of aryl methyl sites for hydroxylation is 1. The molecule has 0 saturated carbocycles. The summed E-state index contributed by atoms with van der Waals surface area (Å²) in [6, 6.07) is 8.00. The van der Waals surface area contributed by atoms with E-state index in [4.69, 9.17) is 5.73 Å². The Bertz CT molecular complexity index is 548. The SMILES string of the molecule is CCCc1ccc(C(=O)N2CCCCC2CNC(=O)CCN)cc1.Cl. The first kappa shape index (κ1) is 21.5. The number of hydrogen-bond donors (Lipinski definition) is 2. The summed E-state index contributed by atoms with van der Waals surface area (Å²) in [5.41, 5.74) is 7.39. The van der Waals surface area contributed by atoms with Crippen molar-refractivity contribution in [2.24, 2.45) is 5.73 Å². The number of piperidine rings is 1. The molecule has 1 aromatic carbocycles. The highest BCUT2D eigenvalue weighted by atomic mass is 35.5. The van der Waals surface area contributed by atoms with Crippen molar-refractivity contribution < 1.29 is 9.59 Å². The number of nitrogens with one attached hydrogen (secondary N) is 1. The molecule has 1 aromatic rings. The van der Waals surface area contributed by atoms with Crippen LogP contribution in [-0.2, 0) is 11.2 Å². The van der Waals surface area contributed by atoms with Crippen LogP contribution in [0.2, 0.25) is 0 Å². The molecule has 1 heterocycles. The van der Waals surface area contributed by atoms with Gasteiger partial charge >= 0.3 is 0 Å². The fourth-order valence-corrected chi connectivity index (χ4v) is 3.20. The minimum absolute atomic E-state index is 0. The average molecular weight is 368 g/mol. The summed E-state index contributed by atoms with van der Waals surface area (Å²) in [7, 11) is 0. The van der Waals surface area contributed by atoms with Gasteiger partial charge in [0.2, 0.25) is 5.91 Å². The number of likely N-dealkylation sites (tertiary alicyclic amines) is 1. The molecular formula is C19H30ClN3O2. The highest BCUT2D eigenvalue weighted by molar-refractivity contribution is 5.94. The number of nitrogens with zero attached hydrogens (tertiary/aromatic N) is 1. The Hall–Kier alpha value is -1.59. The fourth-order valence-electron chi connectivity index (χ4n) is 3.20. The van der Waals surface area contributed by atoms with E-state index in [9.17, 15) is 9.59 Å². The van der Waals surface area contributed by atoms with E-state index < -0.39 is 0 Å². The fraction of sp³-hybridized carbons (Fsp3) is 0.579. The normalized spacial score (nSPS) is 16.9. The van der Waals surface area contributed by atoms with Crippen LogP contribution in [0.3, 0.4) is 0 Å². The van der Waals surface area contributed by atoms with Crippen LogP contribution in [0, 0.1) is 0 Å². The molecule has 2 rings (SSSR count). The minimum atomic E-state index is -0.0422. The molecule has 1 aliphatic heterocycles. The predicted octanol–water partition coefficient (Wildman–Crippen LogP) is 2.52. The Morgan fingerprint density at radius 3 is 2.60 bits per heavy atom. The van der Waals surface area contributed by atoms with Crippen molar-refractivity contribution in [3.8, 4) is 0 Å². The first-order valence-corrected chi connectivity index (χ1v) is 9.02. The molecule has 6 heteroatoms. The summed E-state index contributed by atoms with van der Waals surface area (Å²) in [5, 5.41) is 2.90. The van der Waals surface area contributed by atoms with Gasteiger partial charge in [0.05, 0.1) is 0 Å². The van der Waals surface area contributed by atoms with E-state index in [1.54, 1.807) is 0 Å². The first-order chi connectivity index (χ1) is 11.7. The molecule has 1 fully saturated rings. The average Bonchev–Trinajstić information content (AvgIpc) is 2.61. The quantitative estimate of drug-likeness (QED) is 0.777. The number of halogens is 1. The molecular weight excluding hydrogens is 338 g/mol. The third kappa shape index (κ3) is 6.33. The van der Waals surface area contributed by atoms with E-state index in [-0.39, 0.29) is 30.3 Å². The Morgan fingerprint density at radius 1 is 1.24 bits per heavy atom. The smallest absolute Gasteiger partial charge is 0.254 e. The lowest BCUT2D eigenvalue weighted by molar-refractivity contribution is -0.121. The second-order valence-corrected chi connectivity index (χ2v) is 6.44. The lowest BCUT2D eigenvalue weighted by Gasteiger charge is -2.36. The van der Waals surface area contributed by atoms with E-state index in [2.05, 4.69) is 12.2 Å². The van der Waals surface area contributed by atoms with Crippen LogP contribution >= 0.6 is 12.4 Å². The van der Waals surface area contributed by atoms with Gasteiger partial charge < -0.3 is 16.0 Å². The maximum atomic E-state index is 12.8. The minimum Gasteiger partial charge on any atom is -0.354 e. The first-order valence-electron chi connectivity index (χ1n) is 9.02. The van der Waals surface area contributed by atoms with Gasteiger partial charge in [-0.25, -0.2) is 0 Å². The van der Waals surface area contributed by atoms with E-state index in [1.165, 1.54) is 5.56 Å². The monoisotopic (exact) mass is 367 g/mol. The third-order valence-electron chi connectivity index (χ3n) is 4.53. The van der Waals surface area contributed by atoms with Crippen molar-refractivity contribution >= 4 is 24.2 Å². The van der Waals surface area contributed by atoms with Crippen molar-refractivity contribution in [2.75, 3.05) is 19.6 Å². The van der Waals surface area contributed by atoms with Crippen molar-refractivity contribution in [1.82, 2.24) is 10.2 Å². The molecule has 5 nitrogen and oxygen atoms in total. The molecule has 1 unspecified atom stereocenters. The second kappa shape index (κ2) is 11.1. The molecule has 25 heavy (non-hydrogen) atoms. The van der Waals surface area contributed by atoms with E-state index in [0.717, 1.165) is 44.2 Å². The van der Waals surface area contributed by atoms with Gasteiger partial charge in [-0.05, 0) is 43.4 Å². The maximum absolute atomic E-state index is 12.8. The van der Waals surface area contributed by atoms with Crippen LogP contribution in [0.5, 0.6) is 0 Å². The van der Waals surface area contributed by atoms with Crippen LogP contribution in [0.25, 0.3) is 0 Å². The van der Waals surface area contributed by atoms with Gasteiger partial charge in [0.1, 0.15) is 0 Å². The molecule has 3 N–H and O–H groups in total. The molecule has 0 aliphatic carbocycles. The van der Waals surface area contributed by atoms with Gasteiger partial charge in [-0.1, -0.05) is 25.5 Å². The third-order valence-corrected chi connectivity index (χ3v) is 4.53. The second-order valence-electron chi connectivity index (χ2n) is 6.44. The molecule has 1 aliphatic rings. The number of rotatable bonds is 7. The number of benzene rings is 1. The van der Waals surface area contributed by atoms with Gasteiger partial charge in [0.15, 0.2) is 0 Å². The topological polar surface area (TPSA) is 75.4 Å². The van der Waals surface area contributed by atoms with Crippen LogP contribution in [0.4, 0.5) is 0 Å². The molecule has 0 aromatic heterocycles. The largest absolute Gasteiger partial charge is 0.354 e. The van der Waals surface area contributed by atoms with Crippen LogP contribution in [-0.4, -0.2) is 42.4 Å². The predicted molar refractivity (Wildman–Crippen MR) is 103 cm³/mol. The summed E-state index contributed by atoms with van der Waals surface area (Å²) in [5.74, 6) is 0.0233. The van der Waals surface area contributed by atoms with Gasteiger partial charge in [-0.15, -0.1) is 12.4 Å². The molecule has 0 bridgehead atoms. The highest BCUT2D eigenvalue weighted by Crippen LogP contribution is 2.20. The number of hydrogen-bond acceptors (Lipinski definition) is 3. The lowest BCUT2D eigenvalue weighted by atomic mass is 10.00. The van der Waals surface area contributed by atoms with Gasteiger partial charge in [0, 0.05) is 37.7 Å². The summed E-state index contributed by atoms with van der Waals surface area (Å²) in [6.45, 7) is 3.77. The number of nitrogens with two attached hydrogens (primary N) is 1. The Morgan fingerprint density at radius 2 is 1.96 bits per heavy atom. The summed E-state index contributed by atoms with van der Waals surface area (Å²) < 4.78 is 0. The maximum Gasteiger partial charge on any atom is 0.254 e. The zero-order valence-electron chi connectivity index (χ0n) is 15.0. The van der Waals surface area contributed by atoms with E-state index >= 15 is 0 Å². The van der Waals surface area contributed by atoms with Gasteiger partial charge in [0.25, 0.3) is 5.91 Å². The molecule has 2 amide bonds. The van der Waals surface area contributed by atoms with Crippen LogP contribution in [0.15, 0.2) is 24.3 Å². The molecule has 1 saturated heterocycles. The van der Waals surface area contributed by atoms with E-state index in [1.807, 2.05) is 29.2 Å². The zero-order chi connectivity index (χ0) is 17.4. The Kier molecular flexibility index (Phi) is 9.53. The lowest BCUT2D eigenvalue weighted by Crippen LogP contribution is -2.49. The molecule has 0 spiro atoms. The highest BCUT2D eigenvalue weighted by Gasteiger charge is 2.27. The van der Waals surface area contributed by atoms with Crippen molar-refractivity contribution in [3.05, 3.63) is 35.4 Å². The van der Waals surface area contributed by atoms with Crippen LogP contribution < -0.4 is 11.1 Å². The molecule has 0 radical (unpaired) electrons. The Labute approximate surface area is 156 Å². The number of amides is 2. The standard InChI is InChI=1S/C19H29N3O2.ClH/c1-2-5-15-7-9-16(10-8-15)19(24)22-13-4-3-6-17(22)14-21-18(23)11-12-20;/h7-10,17H,2-6,11-14,20H2,1H3,(H,21,23);1H. The van der Waals surface area contributed by atoms with Gasteiger partial charge in [-0.3, -0.25) is 9.59 Å². The summed E-state index contributed by atoms with van der Waals surface area (Å²) in [6.07, 6.45) is 5.52. The van der Waals surface area contributed by atoms with Crippen LogP contribution in [0.1, 0.15) is 54.9 Å². The number of carbonyl (C=O) groups excluding carboxylic acids is 2. The van der Waals surface area contributed by atoms with Crippen molar-refractivity contribution in [2.45, 2.75) is 51.5 Å². The molecule has 140 valence electrons. The zero-order valence-corrected chi connectivity index (χ0v) is 15.8. The van der Waals surface area contributed by atoms with Crippen molar-refractivity contribution in [3.63, 3.8) is 0 Å².